The second kappa shape index (κ2) is 6.28. The van der Waals surface area contributed by atoms with Crippen molar-refractivity contribution in [1.82, 2.24) is 0 Å². The first-order valence-corrected chi connectivity index (χ1v) is 7.19. The van der Waals surface area contributed by atoms with Crippen LogP contribution in [-0.4, -0.2) is 57.5 Å². The van der Waals surface area contributed by atoms with E-state index in [0.29, 0.717) is 26.4 Å². The smallest absolute Gasteiger partial charge is 0.273 e. The summed E-state index contributed by atoms with van der Waals surface area (Å²) in [5.41, 5.74) is 1.93. The van der Waals surface area contributed by atoms with E-state index in [2.05, 4.69) is 9.80 Å². The second-order valence-corrected chi connectivity index (χ2v) is 5.16. The maximum atomic E-state index is 11.2. The average Bonchev–Trinajstić information content (AvgIpc) is 2.56. The molecule has 0 unspecified atom stereocenters. The lowest BCUT2D eigenvalue weighted by atomic mass is 10.2. The number of nitro benzene ring substituents is 1. The number of benzene rings is 1. The molecule has 0 amide bonds. The number of ether oxygens (including phenoxy) is 2. The van der Waals surface area contributed by atoms with Gasteiger partial charge in [-0.25, -0.2) is 0 Å². The van der Waals surface area contributed by atoms with Crippen LogP contribution >= 0.6 is 0 Å². The van der Waals surface area contributed by atoms with Gasteiger partial charge in [-0.05, 0) is 6.07 Å². The molecule has 2 heterocycles. The molecule has 0 spiro atoms. The molecule has 0 radical (unpaired) electrons. The fourth-order valence-corrected chi connectivity index (χ4v) is 2.69. The van der Waals surface area contributed by atoms with Gasteiger partial charge in [0.1, 0.15) is 0 Å². The van der Waals surface area contributed by atoms with Crippen LogP contribution in [0.25, 0.3) is 0 Å². The van der Waals surface area contributed by atoms with Crippen LogP contribution in [0, 0.1) is 10.1 Å². The first-order chi connectivity index (χ1) is 10.2. The van der Waals surface area contributed by atoms with Crippen molar-refractivity contribution in [3.63, 3.8) is 0 Å². The summed E-state index contributed by atoms with van der Waals surface area (Å²) in [7, 11) is 0. The van der Waals surface area contributed by atoms with Gasteiger partial charge in [-0.3, -0.25) is 10.1 Å². The third kappa shape index (κ3) is 3.25. The molecule has 21 heavy (non-hydrogen) atoms. The molecule has 2 fully saturated rings. The van der Waals surface area contributed by atoms with Crippen molar-refractivity contribution in [2.45, 2.75) is 0 Å². The van der Waals surface area contributed by atoms with Gasteiger partial charge in [0, 0.05) is 49.7 Å². The number of hydrogen-bond donors (Lipinski definition) is 0. The predicted molar refractivity (Wildman–Crippen MR) is 79.2 cm³/mol. The van der Waals surface area contributed by atoms with Crippen molar-refractivity contribution in [3.8, 4) is 0 Å². The fraction of sp³-hybridized carbons (Fsp3) is 0.571. The molecular weight excluding hydrogens is 274 g/mol. The normalized spacial score (nSPS) is 19.6. The van der Waals surface area contributed by atoms with Crippen molar-refractivity contribution in [2.75, 3.05) is 62.4 Å². The lowest BCUT2D eigenvalue weighted by Crippen LogP contribution is -2.38. The van der Waals surface area contributed by atoms with Crippen LogP contribution in [0.5, 0.6) is 0 Å². The van der Waals surface area contributed by atoms with E-state index in [1.54, 1.807) is 12.1 Å². The van der Waals surface area contributed by atoms with Gasteiger partial charge in [-0.1, -0.05) is 0 Å². The van der Waals surface area contributed by atoms with Gasteiger partial charge in [0.15, 0.2) is 0 Å². The summed E-state index contributed by atoms with van der Waals surface area (Å²) < 4.78 is 10.7. The minimum atomic E-state index is -0.326. The third-order valence-corrected chi connectivity index (χ3v) is 3.85. The van der Waals surface area contributed by atoms with Gasteiger partial charge >= 0.3 is 0 Å². The standard InChI is InChI=1S/C14H19N3O4/c18-17(19)14-10-12(15-1-5-20-6-2-15)9-13(11-14)16-3-7-21-8-4-16/h9-11H,1-8H2. The van der Waals surface area contributed by atoms with E-state index in [0.717, 1.165) is 37.6 Å². The van der Waals surface area contributed by atoms with Gasteiger partial charge < -0.3 is 19.3 Å². The third-order valence-electron chi connectivity index (χ3n) is 3.85. The van der Waals surface area contributed by atoms with E-state index in [9.17, 15) is 10.1 Å². The zero-order valence-electron chi connectivity index (χ0n) is 11.9. The van der Waals surface area contributed by atoms with E-state index in [1.807, 2.05) is 6.07 Å². The maximum Gasteiger partial charge on any atom is 0.273 e. The molecule has 0 saturated carbocycles. The number of morpholine rings is 2. The molecule has 0 aromatic heterocycles. The zero-order chi connectivity index (χ0) is 14.7. The van der Waals surface area contributed by atoms with Crippen LogP contribution in [0.4, 0.5) is 17.1 Å². The van der Waals surface area contributed by atoms with Crippen LogP contribution in [0.1, 0.15) is 0 Å². The van der Waals surface area contributed by atoms with Gasteiger partial charge in [-0.15, -0.1) is 0 Å². The van der Waals surface area contributed by atoms with E-state index >= 15 is 0 Å². The van der Waals surface area contributed by atoms with Crippen LogP contribution in [-0.2, 0) is 9.47 Å². The van der Waals surface area contributed by atoms with Crippen LogP contribution < -0.4 is 9.80 Å². The molecular formula is C14H19N3O4. The fourth-order valence-electron chi connectivity index (χ4n) is 2.69. The Labute approximate surface area is 123 Å². The molecule has 0 N–H and O–H groups in total. The summed E-state index contributed by atoms with van der Waals surface area (Å²) in [5.74, 6) is 0. The SMILES string of the molecule is O=[N+]([O-])c1cc(N2CCOCC2)cc(N2CCOCC2)c1. The lowest BCUT2D eigenvalue weighted by Gasteiger charge is -2.32. The largest absolute Gasteiger partial charge is 0.378 e. The molecule has 1 aromatic rings. The van der Waals surface area contributed by atoms with Crippen molar-refractivity contribution in [1.29, 1.82) is 0 Å². The Balaban J connectivity index is 1.91. The van der Waals surface area contributed by atoms with Gasteiger partial charge in [-0.2, -0.15) is 0 Å². The van der Waals surface area contributed by atoms with Crippen molar-refractivity contribution < 1.29 is 14.4 Å². The highest BCUT2D eigenvalue weighted by molar-refractivity contribution is 5.65. The Morgan fingerprint density at radius 3 is 1.67 bits per heavy atom. The molecule has 0 aliphatic carbocycles. The summed E-state index contributed by atoms with van der Waals surface area (Å²) in [6.45, 7) is 5.72. The lowest BCUT2D eigenvalue weighted by molar-refractivity contribution is -0.384. The summed E-state index contributed by atoms with van der Waals surface area (Å²) in [4.78, 5) is 15.1. The first-order valence-electron chi connectivity index (χ1n) is 7.19. The molecule has 7 heteroatoms. The number of rotatable bonds is 3. The summed E-state index contributed by atoms with van der Waals surface area (Å²) in [6, 6.07) is 5.33. The molecule has 2 saturated heterocycles. The molecule has 0 bridgehead atoms. The Morgan fingerprint density at radius 1 is 0.857 bits per heavy atom. The second-order valence-electron chi connectivity index (χ2n) is 5.16. The summed E-state index contributed by atoms with van der Waals surface area (Å²) >= 11 is 0. The number of non-ortho nitro benzene ring substituents is 1. The molecule has 2 aliphatic heterocycles. The minimum Gasteiger partial charge on any atom is -0.378 e. The number of nitrogens with zero attached hydrogens (tertiary/aromatic N) is 3. The average molecular weight is 293 g/mol. The monoisotopic (exact) mass is 293 g/mol. The Kier molecular flexibility index (Phi) is 4.21. The highest BCUT2D eigenvalue weighted by atomic mass is 16.6. The molecule has 2 aliphatic rings. The molecule has 1 aromatic carbocycles. The maximum absolute atomic E-state index is 11.2. The van der Waals surface area contributed by atoms with E-state index in [-0.39, 0.29) is 10.6 Å². The molecule has 0 atom stereocenters. The van der Waals surface area contributed by atoms with Crippen molar-refractivity contribution in [2.24, 2.45) is 0 Å². The summed E-state index contributed by atoms with van der Waals surface area (Å²) in [6.07, 6.45) is 0. The van der Waals surface area contributed by atoms with Crippen molar-refractivity contribution >= 4 is 17.1 Å². The number of hydrogen-bond acceptors (Lipinski definition) is 6. The molecule has 7 nitrogen and oxygen atoms in total. The van der Waals surface area contributed by atoms with Gasteiger partial charge in [0.05, 0.1) is 31.4 Å². The minimum absolute atomic E-state index is 0.139. The number of nitro groups is 1. The first kappa shape index (κ1) is 14.1. The van der Waals surface area contributed by atoms with Gasteiger partial charge in [0.2, 0.25) is 0 Å². The van der Waals surface area contributed by atoms with E-state index in [1.165, 1.54) is 0 Å². The highest BCUT2D eigenvalue weighted by Gasteiger charge is 2.20. The number of anilines is 2. The van der Waals surface area contributed by atoms with E-state index in [4.69, 9.17) is 9.47 Å². The predicted octanol–water partition coefficient (Wildman–Crippen LogP) is 1.27. The van der Waals surface area contributed by atoms with Crippen LogP contribution in [0.15, 0.2) is 18.2 Å². The van der Waals surface area contributed by atoms with Crippen molar-refractivity contribution in [3.05, 3.63) is 28.3 Å². The molecule has 114 valence electrons. The van der Waals surface area contributed by atoms with E-state index < -0.39 is 0 Å². The highest BCUT2D eigenvalue weighted by Crippen LogP contribution is 2.30. The molecule has 3 rings (SSSR count). The van der Waals surface area contributed by atoms with Crippen LogP contribution in [0.3, 0.4) is 0 Å². The zero-order valence-corrected chi connectivity index (χ0v) is 11.9. The quantitative estimate of drug-likeness (QED) is 0.617. The Hall–Kier alpha value is -1.86. The summed E-state index contributed by atoms with van der Waals surface area (Å²) in [5, 5.41) is 11.2. The Morgan fingerprint density at radius 2 is 1.29 bits per heavy atom. The topological polar surface area (TPSA) is 68.1 Å². The van der Waals surface area contributed by atoms with Gasteiger partial charge in [0.25, 0.3) is 5.69 Å². The van der Waals surface area contributed by atoms with Crippen LogP contribution in [0.2, 0.25) is 0 Å². The Bertz CT molecular complexity index is 475.